The van der Waals surface area contributed by atoms with E-state index in [-0.39, 0.29) is 24.8 Å². The standard InChI is InChI=1S/C31H30N2O4S/c1-22-8-6-9-23(20-22)21-32-30(36)27-13-4-2-11-25(27)26-12-3-5-14-28(26)31(37)33(18-16-29(34)35)17-15-24-10-7-19-38-24/h2-14,19-20H,15-18,21H2,1H3,(H,32,36)(H,34,35). The van der Waals surface area contributed by atoms with Gasteiger partial charge in [-0.1, -0.05) is 72.3 Å². The third-order valence-electron chi connectivity index (χ3n) is 6.25. The van der Waals surface area contributed by atoms with Gasteiger partial charge in [-0.3, -0.25) is 14.4 Å². The van der Waals surface area contributed by atoms with Gasteiger partial charge < -0.3 is 15.3 Å². The molecule has 0 aliphatic carbocycles. The Kier molecular flexibility index (Phi) is 9.06. The number of rotatable bonds is 11. The molecule has 0 radical (unpaired) electrons. The molecular formula is C31H30N2O4S. The van der Waals surface area contributed by atoms with Crippen molar-refractivity contribution in [1.82, 2.24) is 10.2 Å². The Hall–Kier alpha value is -4.23. The summed E-state index contributed by atoms with van der Waals surface area (Å²) >= 11 is 1.61. The maximum absolute atomic E-state index is 13.8. The van der Waals surface area contributed by atoms with Gasteiger partial charge >= 0.3 is 5.97 Å². The summed E-state index contributed by atoms with van der Waals surface area (Å²) in [5.74, 6) is -1.44. The highest BCUT2D eigenvalue weighted by molar-refractivity contribution is 7.09. The summed E-state index contributed by atoms with van der Waals surface area (Å²) in [5.41, 5.74) is 4.31. The molecule has 194 valence electrons. The highest BCUT2D eigenvalue weighted by Gasteiger charge is 2.22. The van der Waals surface area contributed by atoms with E-state index in [9.17, 15) is 19.5 Å². The Balaban J connectivity index is 1.60. The Morgan fingerprint density at radius 2 is 1.55 bits per heavy atom. The summed E-state index contributed by atoms with van der Waals surface area (Å²) in [4.78, 5) is 41.0. The number of nitrogens with one attached hydrogen (secondary N) is 1. The van der Waals surface area contributed by atoms with E-state index in [1.54, 1.807) is 40.5 Å². The lowest BCUT2D eigenvalue weighted by atomic mass is 9.94. The van der Waals surface area contributed by atoms with E-state index < -0.39 is 5.97 Å². The van der Waals surface area contributed by atoms with E-state index in [1.807, 2.05) is 73.0 Å². The van der Waals surface area contributed by atoms with Crippen LogP contribution in [0, 0.1) is 6.92 Å². The zero-order valence-corrected chi connectivity index (χ0v) is 22.0. The number of carbonyl (C=O) groups is 3. The van der Waals surface area contributed by atoms with E-state index >= 15 is 0 Å². The van der Waals surface area contributed by atoms with Gasteiger partial charge in [-0.05, 0) is 53.6 Å². The van der Waals surface area contributed by atoms with Crippen LogP contribution in [0.4, 0.5) is 0 Å². The molecule has 3 aromatic carbocycles. The largest absolute Gasteiger partial charge is 0.481 e. The first-order valence-corrected chi connectivity index (χ1v) is 13.4. The molecule has 0 aliphatic heterocycles. The van der Waals surface area contributed by atoms with Crippen LogP contribution in [0.3, 0.4) is 0 Å². The molecule has 4 aromatic rings. The summed E-state index contributed by atoms with van der Waals surface area (Å²) in [6, 6.07) is 26.3. The second kappa shape index (κ2) is 12.8. The number of carbonyl (C=O) groups excluding carboxylic acids is 2. The lowest BCUT2D eigenvalue weighted by molar-refractivity contribution is -0.137. The minimum absolute atomic E-state index is 0.104. The van der Waals surface area contributed by atoms with Crippen molar-refractivity contribution in [2.75, 3.05) is 13.1 Å². The van der Waals surface area contributed by atoms with Gasteiger partial charge in [0.2, 0.25) is 0 Å². The van der Waals surface area contributed by atoms with Crippen LogP contribution < -0.4 is 5.32 Å². The first-order valence-electron chi connectivity index (χ1n) is 12.5. The van der Waals surface area contributed by atoms with Gasteiger partial charge in [0.15, 0.2) is 0 Å². The van der Waals surface area contributed by atoms with Crippen LogP contribution in [0.1, 0.15) is 43.1 Å². The SMILES string of the molecule is Cc1cccc(CNC(=O)c2ccccc2-c2ccccc2C(=O)N(CCC(=O)O)CCc2cccs2)c1. The number of aliphatic carboxylic acids is 1. The Morgan fingerprint density at radius 3 is 2.24 bits per heavy atom. The number of nitrogens with zero attached hydrogens (tertiary/aromatic N) is 1. The summed E-state index contributed by atoms with van der Waals surface area (Å²) in [6.07, 6.45) is 0.499. The summed E-state index contributed by atoms with van der Waals surface area (Å²) in [6.45, 7) is 2.90. The third kappa shape index (κ3) is 6.95. The molecule has 0 aliphatic rings. The number of aryl methyl sites for hydroxylation is 1. The van der Waals surface area contributed by atoms with Crippen molar-refractivity contribution < 1.29 is 19.5 Å². The molecule has 0 atom stereocenters. The van der Waals surface area contributed by atoms with Crippen molar-refractivity contribution in [2.45, 2.75) is 26.3 Å². The van der Waals surface area contributed by atoms with E-state index in [0.29, 0.717) is 41.8 Å². The average Bonchev–Trinajstić information content (AvgIpc) is 3.45. The summed E-state index contributed by atoms with van der Waals surface area (Å²) in [5, 5.41) is 14.2. The molecule has 2 N–H and O–H groups in total. The molecule has 2 amide bonds. The smallest absolute Gasteiger partial charge is 0.305 e. The molecule has 4 rings (SSSR count). The second-order valence-corrected chi connectivity index (χ2v) is 10.1. The summed E-state index contributed by atoms with van der Waals surface area (Å²) < 4.78 is 0. The van der Waals surface area contributed by atoms with Crippen LogP contribution in [-0.2, 0) is 17.8 Å². The van der Waals surface area contributed by atoms with Crippen molar-refractivity contribution >= 4 is 29.1 Å². The minimum atomic E-state index is -0.956. The Bertz CT molecular complexity index is 1410. The number of thiophene rings is 1. The maximum Gasteiger partial charge on any atom is 0.305 e. The van der Waals surface area contributed by atoms with Crippen LogP contribution >= 0.6 is 11.3 Å². The lowest BCUT2D eigenvalue weighted by Crippen LogP contribution is -2.35. The van der Waals surface area contributed by atoms with Crippen molar-refractivity contribution in [3.8, 4) is 11.1 Å². The molecule has 0 spiro atoms. The average molecular weight is 527 g/mol. The van der Waals surface area contributed by atoms with Crippen molar-refractivity contribution in [3.63, 3.8) is 0 Å². The van der Waals surface area contributed by atoms with E-state index in [1.165, 1.54) is 0 Å². The molecule has 0 unspecified atom stereocenters. The van der Waals surface area contributed by atoms with Gasteiger partial charge in [-0.2, -0.15) is 0 Å². The minimum Gasteiger partial charge on any atom is -0.481 e. The number of carboxylic acid groups (broad SMARTS) is 1. The first-order chi connectivity index (χ1) is 18.4. The molecule has 6 nitrogen and oxygen atoms in total. The zero-order valence-electron chi connectivity index (χ0n) is 21.2. The predicted molar refractivity (Wildman–Crippen MR) is 150 cm³/mol. The molecule has 0 saturated heterocycles. The monoisotopic (exact) mass is 526 g/mol. The Labute approximate surface area is 226 Å². The van der Waals surface area contributed by atoms with E-state index in [2.05, 4.69) is 5.32 Å². The number of amides is 2. The summed E-state index contributed by atoms with van der Waals surface area (Å²) in [7, 11) is 0. The fraction of sp³-hybridized carbons (Fsp3) is 0.194. The van der Waals surface area contributed by atoms with Crippen LogP contribution in [0.15, 0.2) is 90.3 Å². The number of hydrogen-bond acceptors (Lipinski definition) is 4. The van der Waals surface area contributed by atoms with E-state index in [4.69, 9.17) is 0 Å². The molecule has 1 heterocycles. The third-order valence-corrected chi connectivity index (χ3v) is 7.18. The number of hydrogen-bond donors (Lipinski definition) is 2. The van der Waals surface area contributed by atoms with Gasteiger partial charge in [0, 0.05) is 35.6 Å². The molecule has 38 heavy (non-hydrogen) atoms. The number of carboxylic acids is 1. The van der Waals surface area contributed by atoms with Gasteiger partial charge in [0.25, 0.3) is 11.8 Å². The topological polar surface area (TPSA) is 86.7 Å². The van der Waals surface area contributed by atoms with Gasteiger partial charge in [-0.25, -0.2) is 0 Å². The van der Waals surface area contributed by atoms with Crippen molar-refractivity contribution in [3.05, 3.63) is 117 Å². The van der Waals surface area contributed by atoms with Gasteiger partial charge in [-0.15, -0.1) is 11.3 Å². The van der Waals surface area contributed by atoms with Crippen LogP contribution in [0.25, 0.3) is 11.1 Å². The van der Waals surface area contributed by atoms with Crippen LogP contribution in [-0.4, -0.2) is 40.9 Å². The highest BCUT2D eigenvalue weighted by atomic mass is 32.1. The van der Waals surface area contributed by atoms with Crippen molar-refractivity contribution in [2.24, 2.45) is 0 Å². The highest BCUT2D eigenvalue weighted by Crippen LogP contribution is 2.28. The molecule has 1 aromatic heterocycles. The number of benzene rings is 3. The second-order valence-electron chi connectivity index (χ2n) is 9.03. The van der Waals surface area contributed by atoms with Gasteiger partial charge in [0.05, 0.1) is 6.42 Å². The van der Waals surface area contributed by atoms with Crippen molar-refractivity contribution in [1.29, 1.82) is 0 Å². The maximum atomic E-state index is 13.8. The normalized spacial score (nSPS) is 10.7. The fourth-order valence-electron chi connectivity index (χ4n) is 4.34. The predicted octanol–water partition coefficient (Wildman–Crippen LogP) is 5.81. The molecule has 0 saturated carbocycles. The molecular weight excluding hydrogens is 496 g/mol. The lowest BCUT2D eigenvalue weighted by Gasteiger charge is -2.24. The van der Waals surface area contributed by atoms with E-state index in [0.717, 1.165) is 16.0 Å². The van der Waals surface area contributed by atoms with Crippen LogP contribution in [0.2, 0.25) is 0 Å². The van der Waals surface area contributed by atoms with Gasteiger partial charge in [0.1, 0.15) is 0 Å². The van der Waals surface area contributed by atoms with Crippen LogP contribution in [0.5, 0.6) is 0 Å². The Morgan fingerprint density at radius 1 is 0.842 bits per heavy atom. The fourth-order valence-corrected chi connectivity index (χ4v) is 5.03. The zero-order chi connectivity index (χ0) is 26.9. The molecule has 7 heteroatoms. The quantitative estimate of drug-likeness (QED) is 0.258. The molecule has 0 bridgehead atoms. The molecule has 0 fully saturated rings. The first kappa shape index (κ1) is 26.8.